The van der Waals surface area contributed by atoms with Crippen LogP contribution in [0.15, 0.2) is 55.0 Å². The number of fused-ring (bicyclic) bond motifs is 2. The van der Waals surface area contributed by atoms with Crippen molar-refractivity contribution in [3.63, 3.8) is 0 Å². The van der Waals surface area contributed by atoms with Crippen LogP contribution in [0.4, 0.5) is 10.1 Å². The van der Waals surface area contributed by atoms with E-state index in [0.717, 1.165) is 27.2 Å². The number of benzene rings is 1. The fourth-order valence-electron chi connectivity index (χ4n) is 4.07. The van der Waals surface area contributed by atoms with E-state index in [-0.39, 0.29) is 5.69 Å². The van der Waals surface area contributed by atoms with E-state index in [9.17, 15) is 0 Å². The molecule has 5 aromatic heterocycles. The molecule has 6 aromatic rings. The number of aryl methyl sites for hydroxylation is 1. The summed E-state index contributed by atoms with van der Waals surface area (Å²) < 4.78 is 15.9. The minimum absolute atomic E-state index is 0.220. The number of aromatic amines is 2. The topological polar surface area (TPSA) is 86.4 Å². The third-order valence-electron chi connectivity index (χ3n) is 5.80. The first-order valence-corrected chi connectivity index (χ1v) is 11.5. The molecule has 0 amide bonds. The first kappa shape index (κ1) is 20.5. The molecule has 0 spiro atoms. The smallest absolute Gasteiger partial charge is 0.161 e. The summed E-state index contributed by atoms with van der Waals surface area (Å²) in [7, 11) is 3.82. The van der Waals surface area contributed by atoms with Crippen LogP contribution < -0.4 is 4.90 Å². The fraction of sp³-hybridized carbons (Fsp3) is 0.120. The molecule has 0 bridgehead atoms. The molecule has 0 saturated carbocycles. The Morgan fingerprint density at radius 1 is 1.00 bits per heavy atom. The molecule has 5 heterocycles. The molecule has 7 nitrogen and oxygen atoms in total. The van der Waals surface area contributed by atoms with Gasteiger partial charge in [-0.15, -0.1) is 11.3 Å². The molecule has 34 heavy (non-hydrogen) atoms. The summed E-state index contributed by atoms with van der Waals surface area (Å²) in [5.74, 6) is 0.0340. The van der Waals surface area contributed by atoms with Crippen molar-refractivity contribution in [1.82, 2.24) is 30.1 Å². The summed E-state index contributed by atoms with van der Waals surface area (Å²) in [6.07, 6.45) is 4.93. The van der Waals surface area contributed by atoms with Crippen LogP contribution in [0.3, 0.4) is 0 Å². The Morgan fingerprint density at radius 3 is 2.68 bits per heavy atom. The molecule has 1 aromatic carbocycles. The van der Waals surface area contributed by atoms with E-state index in [1.165, 1.54) is 4.88 Å². The Labute approximate surface area is 198 Å². The van der Waals surface area contributed by atoms with Crippen molar-refractivity contribution in [3.05, 3.63) is 65.7 Å². The lowest BCUT2D eigenvalue weighted by Crippen LogP contribution is -2.09. The van der Waals surface area contributed by atoms with E-state index >= 15 is 4.39 Å². The molecule has 0 atom stereocenters. The maximum absolute atomic E-state index is 15.9. The molecule has 0 saturated heterocycles. The van der Waals surface area contributed by atoms with Gasteiger partial charge >= 0.3 is 0 Å². The number of rotatable bonds is 4. The zero-order chi connectivity index (χ0) is 23.4. The number of nitrogens with one attached hydrogen (secondary N) is 2. The molecule has 0 aliphatic heterocycles. The maximum Gasteiger partial charge on any atom is 0.161 e. The Hall–Kier alpha value is -4.11. The number of para-hydroxylation sites is 1. The molecular formula is C25H20FN7S. The predicted octanol–water partition coefficient (Wildman–Crippen LogP) is 5.81. The van der Waals surface area contributed by atoms with Gasteiger partial charge in [0.2, 0.25) is 0 Å². The van der Waals surface area contributed by atoms with E-state index in [1.54, 1.807) is 29.9 Å². The van der Waals surface area contributed by atoms with Crippen LogP contribution in [-0.4, -0.2) is 44.2 Å². The molecule has 0 aliphatic rings. The second-order valence-electron chi connectivity index (χ2n) is 8.31. The summed E-state index contributed by atoms with van der Waals surface area (Å²) in [6.45, 7) is 2.08. The first-order chi connectivity index (χ1) is 16.5. The highest BCUT2D eigenvalue weighted by atomic mass is 32.1. The number of thiophene rings is 1. The molecule has 2 N–H and O–H groups in total. The van der Waals surface area contributed by atoms with Crippen LogP contribution >= 0.6 is 11.3 Å². The monoisotopic (exact) mass is 469 g/mol. The fourth-order valence-corrected chi connectivity index (χ4v) is 4.97. The van der Waals surface area contributed by atoms with Gasteiger partial charge in [0.25, 0.3) is 0 Å². The third kappa shape index (κ3) is 3.24. The molecule has 9 heteroatoms. The van der Waals surface area contributed by atoms with Crippen molar-refractivity contribution < 1.29 is 4.39 Å². The van der Waals surface area contributed by atoms with E-state index < -0.39 is 5.82 Å². The Kier molecular flexibility index (Phi) is 4.66. The highest BCUT2D eigenvalue weighted by molar-refractivity contribution is 7.15. The van der Waals surface area contributed by atoms with Crippen LogP contribution in [-0.2, 0) is 0 Å². The van der Waals surface area contributed by atoms with Crippen LogP contribution in [0.5, 0.6) is 0 Å². The number of hydrogen-bond acceptors (Lipinski definition) is 6. The Morgan fingerprint density at radius 2 is 1.88 bits per heavy atom. The molecule has 0 radical (unpaired) electrons. The summed E-state index contributed by atoms with van der Waals surface area (Å²) in [5.41, 5.74) is 5.32. The number of hydrogen-bond donors (Lipinski definition) is 2. The highest BCUT2D eigenvalue weighted by Gasteiger charge is 2.21. The number of aromatic nitrogens is 6. The number of nitrogens with zero attached hydrogens (tertiary/aromatic N) is 5. The van der Waals surface area contributed by atoms with Gasteiger partial charge in [0.1, 0.15) is 11.4 Å². The van der Waals surface area contributed by atoms with Crippen molar-refractivity contribution in [2.45, 2.75) is 6.92 Å². The highest BCUT2D eigenvalue weighted by Crippen LogP contribution is 2.36. The van der Waals surface area contributed by atoms with Crippen LogP contribution in [0.25, 0.3) is 55.2 Å². The van der Waals surface area contributed by atoms with E-state index in [2.05, 4.69) is 44.2 Å². The summed E-state index contributed by atoms with van der Waals surface area (Å²) in [4.78, 5) is 21.0. The summed E-state index contributed by atoms with van der Waals surface area (Å²) in [5, 5.41) is 7.62. The third-order valence-corrected chi connectivity index (χ3v) is 6.83. The normalized spacial score (nSPS) is 11.5. The minimum atomic E-state index is -0.464. The summed E-state index contributed by atoms with van der Waals surface area (Å²) in [6, 6.07) is 12.1. The number of pyridine rings is 2. The number of imidazole rings is 1. The number of anilines is 1. The van der Waals surface area contributed by atoms with E-state index in [1.807, 2.05) is 43.3 Å². The number of H-pyrrole nitrogens is 2. The lowest BCUT2D eigenvalue weighted by Gasteiger charge is -2.13. The van der Waals surface area contributed by atoms with Gasteiger partial charge in [-0.05, 0) is 31.2 Å². The molecule has 6 rings (SSSR count). The standard InChI is InChI=1S/C25H20FN7S/c1-13-7-8-19(34-13)16-5-4-6-17-23(16)30-25(29-17)24-20-18(31-32-24)12-28-22(21(20)26)14-9-15(33(2)3)11-27-10-14/h4-12H,1-3H3,(H,29,30)(H,31,32). The molecule has 168 valence electrons. The molecule has 0 aliphatic carbocycles. The van der Waals surface area contributed by atoms with Crippen LogP contribution in [0.2, 0.25) is 0 Å². The van der Waals surface area contributed by atoms with Crippen LogP contribution in [0.1, 0.15) is 4.88 Å². The first-order valence-electron chi connectivity index (χ1n) is 10.7. The van der Waals surface area contributed by atoms with E-state index in [4.69, 9.17) is 4.98 Å². The predicted molar refractivity (Wildman–Crippen MR) is 135 cm³/mol. The molecule has 0 unspecified atom stereocenters. The summed E-state index contributed by atoms with van der Waals surface area (Å²) >= 11 is 1.72. The lowest BCUT2D eigenvalue weighted by atomic mass is 10.1. The zero-order valence-electron chi connectivity index (χ0n) is 18.7. The minimum Gasteiger partial charge on any atom is -0.376 e. The SMILES string of the molecule is Cc1ccc(-c2cccc3[nH]c(-c4n[nH]c5cnc(-c6cncc(N(C)C)c6)c(F)c45)nc23)s1. The van der Waals surface area contributed by atoms with Gasteiger partial charge in [0, 0.05) is 41.2 Å². The average Bonchev–Trinajstić information content (AvgIpc) is 3.56. The van der Waals surface area contributed by atoms with Crippen molar-refractivity contribution in [2.24, 2.45) is 0 Å². The maximum atomic E-state index is 15.9. The van der Waals surface area contributed by atoms with Crippen molar-refractivity contribution in [3.8, 4) is 33.2 Å². The lowest BCUT2D eigenvalue weighted by molar-refractivity contribution is 0.638. The van der Waals surface area contributed by atoms with Gasteiger partial charge in [-0.2, -0.15) is 5.10 Å². The Balaban J connectivity index is 1.52. The second-order valence-corrected chi connectivity index (χ2v) is 9.59. The van der Waals surface area contributed by atoms with Gasteiger partial charge in [-0.3, -0.25) is 15.1 Å². The van der Waals surface area contributed by atoms with Gasteiger partial charge in [0.15, 0.2) is 11.6 Å². The molecular weight excluding hydrogens is 449 g/mol. The average molecular weight is 470 g/mol. The van der Waals surface area contributed by atoms with E-state index in [0.29, 0.717) is 28.0 Å². The second kappa shape index (κ2) is 7.74. The van der Waals surface area contributed by atoms with Gasteiger partial charge in [0.05, 0.1) is 40.0 Å². The van der Waals surface area contributed by atoms with Crippen LogP contribution in [0, 0.1) is 12.7 Å². The zero-order valence-corrected chi connectivity index (χ0v) is 19.5. The largest absolute Gasteiger partial charge is 0.376 e. The van der Waals surface area contributed by atoms with Crippen molar-refractivity contribution >= 4 is 39.0 Å². The van der Waals surface area contributed by atoms with Crippen molar-refractivity contribution in [1.29, 1.82) is 0 Å². The molecule has 0 fully saturated rings. The Bertz CT molecular complexity index is 1680. The quantitative estimate of drug-likeness (QED) is 0.340. The van der Waals surface area contributed by atoms with Gasteiger partial charge in [-0.25, -0.2) is 9.37 Å². The number of halogens is 1. The van der Waals surface area contributed by atoms with Crippen molar-refractivity contribution in [2.75, 3.05) is 19.0 Å². The van der Waals surface area contributed by atoms with Gasteiger partial charge in [-0.1, -0.05) is 12.1 Å². The van der Waals surface area contributed by atoms with Gasteiger partial charge < -0.3 is 9.88 Å².